The Bertz CT molecular complexity index is 692. The molecule has 0 aliphatic carbocycles. The van der Waals surface area contributed by atoms with Crippen molar-refractivity contribution in [2.45, 2.75) is 39.7 Å². The summed E-state index contributed by atoms with van der Waals surface area (Å²) in [7, 11) is 0. The standard InChI is InChI=1S/C21H27NO2/c1-7-17-18(15(2)3)9-8-10-19(17)16-11-13-22(14-12-16)20(23)24-21(4,5)6/h7-11H,1-2,12-14H2,3-6H3. The highest BCUT2D eigenvalue weighted by molar-refractivity contribution is 5.82. The highest BCUT2D eigenvalue weighted by Gasteiger charge is 2.24. The number of allylic oxidation sites excluding steroid dienone is 1. The van der Waals surface area contributed by atoms with Gasteiger partial charge in [-0.2, -0.15) is 0 Å². The van der Waals surface area contributed by atoms with E-state index in [0.29, 0.717) is 13.1 Å². The van der Waals surface area contributed by atoms with Crippen LogP contribution in [-0.4, -0.2) is 29.7 Å². The number of ether oxygens (including phenoxy) is 1. The predicted octanol–water partition coefficient (Wildman–Crippen LogP) is 5.39. The Balaban J connectivity index is 2.22. The largest absolute Gasteiger partial charge is 0.444 e. The van der Waals surface area contributed by atoms with E-state index >= 15 is 0 Å². The third kappa shape index (κ3) is 4.16. The van der Waals surface area contributed by atoms with Gasteiger partial charge in [0.25, 0.3) is 0 Å². The van der Waals surface area contributed by atoms with E-state index in [2.05, 4.69) is 31.4 Å². The van der Waals surface area contributed by atoms with Crippen LogP contribution >= 0.6 is 0 Å². The molecule has 1 heterocycles. The average molecular weight is 325 g/mol. The van der Waals surface area contributed by atoms with Crippen molar-refractivity contribution in [1.82, 2.24) is 4.90 Å². The molecule has 0 saturated carbocycles. The minimum atomic E-state index is -0.465. The van der Waals surface area contributed by atoms with Crippen LogP contribution in [0.2, 0.25) is 0 Å². The molecule has 3 heteroatoms. The molecule has 0 spiro atoms. The first-order chi connectivity index (χ1) is 11.2. The van der Waals surface area contributed by atoms with Gasteiger partial charge in [0.2, 0.25) is 0 Å². The molecule has 0 unspecified atom stereocenters. The van der Waals surface area contributed by atoms with Gasteiger partial charge in [0.05, 0.1) is 0 Å². The van der Waals surface area contributed by atoms with Gasteiger partial charge >= 0.3 is 6.09 Å². The van der Waals surface area contributed by atoms with E-state index in [0.717, 1.165) is 23.1 Å². The van der Waals surface area contributed by atoms with Crippen molar-refractivity contribution >= 4 is 23.3 Å². The molecule has 0 radical (unpaired) electrons. The van der Waals surface area contributed by atoms with Gasteiger partial charge in [-0.15, -0.1) is 0 Å². The maximum Gasteiger partial charge on any atom is 0.410 e. The fourth-order valence-electron chi connectivity index (χ4n) is 2.84. The zero-order chi connectivity index (χ0) is 17.9. The minimum absolute atomic E-state index is 0.252. The summed E-state index contributed by atoms with van der Waals surface area (Å²) < 4.78 is 5.44. The summed E-state index contributed by atoms with van der Waals surface area (Å²) in [5, 5.41) is 0. The second kappa shape index (κ2) is 7.08. The van der Waals surface area contributed by atoms with Crippen LogP contribution in [0.5, 0.6) is 0 Å². The van der Waals surface area contributed by atoms with E-state index < -0.39 is 5.60 Å². The van der Waals surface area contributed by atoms with Crippen LogP contribution in [0.1, 0.15) is 50.8 Å². The molecule has 0 aromatic heterocycles. The molecule has 0 atom stereocenters. The highest BCUT2D eigenvalue weighted by atomic mass is 16.6. The quantitative estimate of drug-likeness (QED) is 0.746. The van der Waals surface area contributed by atoms with Gasteiger partial charge in [-0.1, -0.05) is 49.1 Å². The summed E-state index contributed by atoms with van der Waals surface area (Å²) in [6.45, 7) is 16.9. The van der Waals surface area contributed by atoms with Crippen LogP contribution in [0.3, 0.4) is 0 Å². The lowest BCUT2D eigenvalue weighted by atomic mass is 9.90. The number of carbonyl (C=O) groups excluding carboxylic acids is 1. The SMILES string of the molecule is C=Cc1c(C(=C)C)cccc1C1=CCN(C(=O)OC(C)(C)C)CC1. The lowest BCUT2D eigenvalue weighted by Crippen LogP contribution is -2.39. The van der Waals surface area contributed by atoms with Crippen LogP contribution in [0.25, 0.3) is 17.2 Å². The Morgan fingerprint density at radius 1 is 1.33 bits per heavy atom. The zero-order valence-electron chi connectivity index (χ0n) is 15.2. The summed E-state index contributed by atoms with van der Waals surface area (Å²) in [4.78, 5) is 13.9. The first-order valence-corrected chi connectivity index (χ1v) is 8.31. The molecule has 1 amide bonds. The van der Waals surface area contributed by atoms with Crippen molar-refractivity contribution in [2.75, 3.05) is 13.1 Å². The molecular formula is C21H27NO2. The van der Waals surface area contributed by atoms with Crippen molar-refractivity contribution < 1.29 is 9.53 Å². The highest BCUT2D eigenvalue weighted by Crippen LogP contribution is 2.31. The number of benzene rings is 1. The molecule has 1 aromatic rings. The summed E-state index contributed by atoms with van der Waals surface area (Å²) in [6, 6.07) is 6.23. The Morgan fingerprint density at radius 3 is 2.54 bits per heavy atom. The van der Waals surface area contributed by atoms with Crippen LogP contribution in [-0.2, 0) is 4.74 Å². The lowest BCUT2D eigenvalue weighted by Gasteiger charge is -2.30. The predicted molar refractivity (Wildman–Crippen MR) is 102 cm³/mol. The fourth-order valence-corrected chi connectivity index (χ4v) is 2.84. The Morgan fingerprint density at radius 2 is 2.04 bits per heavy atom. The number of nitrogens with zero attached hydrogens (tertiary/aromatic N) is 1. The molecule has 24 heavy (non-hydrogen) atoms. The number of carbonyl (C=O) groups is 1. The molecule has 0 saturated heterocycles. The van der Waals surface area contributed by atoms with E-state index in [9.17, 15) is 4.79 Å². The maximum atomic E-state index is 12.2. The lowest BCUT2D eigenvalue weighted by molar-refractivity contribution is 0.0270. The Hall–Kier alpha value is -2.29. The summed E-state index contributed by atoms with van der Waals surface area (Å²) in [5.74, 6) is 0. The van der Waals surface area contributed by atoms with E-state index in [4.69, 9.17) is 4.74 Å². The molecule has 128 valence electrons. The van der Waals surface area contributed by atoms with E-state index in [-0.39, 0.29) is 6.09 Å². The number of amides is 1. The first kappa shape index (κ1) is 18.1. The summed E-state index contributed by atoms with van der Waals surface area (Å²) in [5.41, 5.74) is 5.22. The second-order valence-electron chi connectivity index (χ2n) is 7.16. The van der Waals surface area contributed by atoms with Gasteiger partial charge < -0.3 is 9.64 Å². The van der Waals surface area contributed by atoms with Gasteiger partial charge in [-0.25, -0.2) is 4.79 Å². The van der Waals surface area contributed by atoms with Crippen LogP contribution < -0.4 is 0 Å². The van der Waals surface area contributed by atoms with Gasteiger partial charge in [0.15, 0.2) is 0 Å². The van der Waals surface area contributed by atoms with Crippen LogP contribution in [0, 0.1) is 0 Å². The van der Waals surface area contributed by atoms with E-state index in [1.165, 1.54) is 11.1 Å². The van der Waals surface area contributed by atoms with Crippen molar-refractivity contribution in [2.24, 2.45) is 0 Å². The fraction of sp³-hybridized carbons (Fsp3) is 0.381. The smallest absolute Gasteiger partial charge is 0.410 e. The van der Waals surface area contributed by atoms with Crippen LogP contribution in [0.4, 0.5) is 4.79 Å². The molecule has 0 N–H and O–H groups in total. The van der Waals surface area contributed by atoms with Gasteiger partial charge in [-0.3, -0.25) is 0 Å². The zero-order valence-corrected chi connectivity index (χ0v) is 15.2. The molecule has 0 fully saturated rings. The summed E-state index contributed by atoms with van der Waals surface area (Å²) >= 11 is 0. The number of hydrogen-bond donors (Lipinski definition) is 0. The van der Waals surface area contributed by atoms with Crippen molar-refractivity contribution in [3.8, 4) is 0 Å². The van der Waals surface area contributed by atoms with Crippen molar-refractivity contribution in [3.05, 3.63) is 54.1 Å². The van der Waals surface area contributed by atoms with E-state index in [1.807, 2.05) is 39.8 Å². The molecule has 2 rings (SSSR count). The van der Waals surface area contributed by atoms with E-state index in [1.54, 1.807) is 4.90 Å². The third-order valence-corrected chi connectivity index (χ3v) is 3.98. The molecule has 1 aliphatic heterocycles. The Kier molecular flexibility index (Phi) is 5.33. The normalized spacial score (nSPS) is 14.8. The number of rotatable bonds is 3. The van der Waals surface area contributed by atoms with Gasteiger partial charge in [-0.05, 0) is 56.4 Å². The summed E-state index contributed by atoms with van der Waals surface area (Å²) in [6.07, 6.45) is 4.55. The monoisotopic (exact) mass is 325 g/mol. The van der Waals surface area contributed by atoms with Crippen molar-refractivity contribution in [1.29, 1.82) is 0 Å². The maximum absolute atomic E-state index is 12.2. The minimum Gasteiger partial charge on any atom is -0.444 e. The molecule has 1 aliphatic rings. The van der Waals surface area contributed by atoms with Gasteiger partial charge in [0, 0.05) is 13.1 Å². The second-order valence-corrected chi connectivity index (χ2v) is 7.16. The average Bonchev–Trinajstić information content (AvgIpc) is 2.52. The molecule has 3 nitrogen and oxygen atoms in total. The topological polar surface area (TPSA) is 29.5 Å². The Labute approximate surface area is 145 Å². The first-order valence-electron chi connectivity index (χ1n) is 8.31. The van der Waals surface area contributed by atoms with Crippen LogP contribution in [0.15, 0.2) is 37.4 Å². The number of hydrogen-bond acceptors (Lipinski definition) is 2. The third-order valence-electron chi connectivity index (χ3n) is 3.98. The van der Waals surface area contributed by atoms with Gasteiger partial charge in [0.1, 0.15) is 5.60 Å². The molecule has 1 aromatic carbocycles. The molecule has 0 bridgehead atoms. The molecular weight excluding hydrogens is 298 g/mol. The van der Waals surface area contributed by atoms with Crippen molar-refractivity contribution in [3.63, 3.8) is 0 Å².